The van der Waals surface area contributed by atoms with Crippen molar-refractivity contribution in [3.05, 3.63) is 145 Å². The fourth-order valence-corrected chi connectivity index (χ4v) is 7.03. The van der Waals surface area contributed by atoms with Crippen molar-refractivity contribution >= 4 is 16.4 Å². The number of aryl methyl sites for hydroxylation is 2. The maximum atomic E-state index is 3.53. The van der Waals surface area contributed by atoms with Gasteiger partial charge >= 0.3 is 26.2 Å². The summed E-state index contributed by atoms with van der Waals surface area (Å²) in [7, 11) is 1.42. The molecule has 0 fully saturated rings. The van der Waals surface area contributed by atoms with E-state index in [-0.39, 0.29) is 51.0 Å². The van der Waals surface area contributed by atoms with Gasteiger partial charge < -0.3 is 24.8 Å². The summed E-state index contributed by atoms with van der Waals surface area (Å²) < 4.78 is 0. The van der Waals surface area contributed by atoms with Crippen LogP contribution in [0.3, 0.4) is 0 Å². The monoisotopic (exact) mass is 658 g/mol. The summed E-state index contributed by atoms with van der Waals surface area (Å²) in [6.07, 6.45) is 0. The minimum atomic E-state index is 0. The van der Waals surface area contributed by atoms with Crippen LogP contribution in [0.2, 0.25) is 0 Å². The van der Waals surface area contributed by atoms with Crippen molar-refractivity contribution in [3.63, 3.8) is 0 Å². The minimum absolute atomic E-state index is 0. The average molecular weight is 661 g/mol. The molecule has 0 spiro atoms. The molecule has 0 aliphatic heterocycles. The van der Waals surface area contributed by atoms with E-state index in [1.54, 1.807) is 0 Å². The van der Waals surface area contributed by atoms with Crippen molar-refractivity contribution in [1.29, 1.82) is 0 Å². The van der Waals surface area contributed by atoms with Gasteiger partial charge in [0, 0.05) is 0 Å². The van der Waals surface area contributed by atoms with E-state index < -0.39 is 0 Å². The van der Waals surface area contributed by atoms with Crippen LogP contribution in [-0.4, -0.2) is 0 Å². The molecule has 4 aromatic carbocycles. The molecular formula is C34H28Cl2P2Zr. The molecule has 0 amide bonds. The van der Waals surface area contributed by atoms with Crippen LogP contribution in [0, 0.1) is 26.0 Å². The molecule has 0 aliphatic rings. The number of rotatable bonds is 4. The van der Waals surface area contributed by atoms with E-state index in [0.29, 0.717) is 16.4 Å². The summed E-state index contributed by atoms with van der Waals surface area (Å²) in [5.41, 5.74) is 7.79. The van der Waals surface area contributed by atoms with Crippen molar-refractivity contribution in [3.8, 4) is 43.4 Å². The first-order chi connectivity index (χ1) is 17.7. The second kappa shape index (κ2) is 16.2. The van der Waals surface area contributed by atoms with Gasteiger partial charge in [-0.1, -0.05) is 133 Å². The molecular weight excluding hydrogens is 632 g/mol. The smallest absolute Gasteiger partial charge is 1.00 e. The van der Waals surface area contributed by atoms with Crippen molar-refractivity contribution in [1.82, 2.24) is 0 Å². The molecule has 0 bridgehead atoms. The third kappa shape index (κ3) is 8.45. The van der Waals surface area contributed by atoms with E-state index in [4.69, 9.17) is 0 Å². The van der Waals surface area contributed by atoms with E-state index in [2.05, 4.69) is 147 Å². The van der Waals surface area contributed by atoms with Crippen molar-refractivity contribution in [2.75, 3.05) is 0 Å². The van der Waals surface area contributed by atoms with Crippen LogP contribution in [0.25, 0.3) is 43.4 Å². The first-order valence-corrected chi connectivity index (χ1v) is 14.1. The van der Waals surface area contributed by atoms with E-state index in [0.717, 1.165) is 0 Å². The van der Waals surface area contributed by atoms with Crippen LogP contribution >= 0.6 is 16.4 Å². The van der Waals surface area contributed by atoms with Gasteiger partial charge in [0.15, 0.2) is 0 Å². The molecule has 39 heavy (non-hydrogen) atoms. The maximum Gasteiger partial charge on any atom is 4.00 e. The van der Waals surface area contributed by atoms with Crippen LogP contribution in [0.5, 0.6) is 0 Å². The van der Waals surface area contributed by atoms with Crippen molar-refractivity contribution < 1.29 is 51.0 Å². The van der Waals surface area contributed by atoms with Gasteiger partial charge in [0.1, 0.15) is 0 Å². The third-order valence-electron chi connectivity index (χ3n) is 6.12. The Hall–Kier alpha value is -2.10. The zero-order valence-corrected chi connectivity index (χ0v) is 27.8. The van der Waals surface area contributed by atoms with Gasteiger partial charge in [-0.15, -0.1) is 46.0 Å². The molecule has 2 unspecified atom stereocenters. The fourth-order valence-electron chi connectivity index (χ4n) is 4.29. The topological polar surface area (TPSA) is 0 Å². The minimum Gasteiger partial charge on any atom is -1.00 e. The normalized spacial score (nSPS) is 10.1. The molecule has 5 heteroatoms. The Bertz CT molecular complexity index is 1410. The Kier molecular flexibility index (Phi) is 13.8. The second-order valence-corrected chi connectivity index (χ2v) is 11.2. The zero-order valence-electron chi connectivity index (χ0n) is 21.8. The molecule has 2 atom stereocenters. The maximum absolute atomic E-state index is 3.53. The van der Waals surface area contributed by atoms with Gasteiger partial charge in [-0.25, -0.2) is 16.4 Å². The van der Waals surface area contributed by atoms with Gasteiger partial charge in [-0.2, -0.15) is 23.3 Å². The largest absolute Gasteiger partial charge is 4.00 e. The van der Waals surface area contributed by atoms with Gasteiger partial charge in [-0.05, 0) is 0 Å². The molecule has 0 N–H and O–H groups in total. The van der Waals surface area contributed by atoms with Gasteiger partial charge in [0.05, 0.1) is 0 Å². The Morgan fingerprint density at radius 1 is 0.410 bits per heavy atom. The summed E-state index contributed by atoms with van der Waals surface area (Å²) in [5, 5.41) is 5.50. The van der Waals surface area contributed by atoms with Crippen LogP contribution in [0.1, 0.15) is 11.1 Å². The van der Waals surface area contributed by atoms with E-state index >= 15 is 0 Å². The Morgan fingerprint density at radius 2 is 0.667 bits per heavy atom. The Labute approximate surface area is 267 Å². The number of hydrogen-bond donors (Lipinski definition) is 0. The first kappa shape index (κ1) is 33.1. The second-order valence-electron chi connectivity index (χ2n) is 8.71. The fraction of sp³-hybridized carbons (Fsp3) is 0.0588. The quantitative estimate of drug-likeness (QED) is 0.247. The first-order valence-electron chi connectivity index (χ1n) is 12.1. The summed E-state index contributed by atoms with van der Waals surface area (Å²) in [6, 6.07) is 49.4. The molecule has 2 aromatic heterocycles. The molecule has 0 radical (unpaired) electrons. The molecule has 2 heterocycles. The predicted molar refractivity (Wildman–Crippen MR) is 161 cm³/mol. The van der Waals surface area contributed by atoms with Gasteiger partial charge in [-0.3, -0.25) is 0 Å². The molecule has 0 saturated heterocycles. The summed E-state index contributed by atoms with van der Waals surface area (Å²) in [6.45, 7) is 4.32. The van der Waals surface area contributed by atoms with E-state index in [1.807, 2.05) is 0 Å². The third-order valence-corrected chi connectivity index (χ3v) is 9.28. The molecule has 0 saturated carbocycles. The standard InChI is InChI=1S/2C17H14P.2ClH.Zr/c2*1-13-12-16(14-8-4-2-5-9-14)18-17(13)15-10-6-3-7-11-15;;;/h2*2-11,18H,1H3;2*1H;/q2*-1;;;+4/p-2. The van der Waals surface area contributed by atoms with Crippen LogP contribution in [0.4, 0.5) is 0 Å². The van der Waals surface area contributed by atoms with Crippen molar-refractivity contribution in [2.24, 2.45) is 0 Å². The predicted octanol–water partition coefficient (Wildman–Crippen LogP) is 4.33. The molecule has 192 valence electrons. The van der Waals surface area contributed by atoms with Crippen LogP contribution in [-0.2, 0) is 26.2 Å². The SMILES string of the molecule is Cc1[c-]c(-c2ccccc2)[pH]c1-c1ccccc1.Cc1[c-]c(-c2ccccc2)[pH]c1-c1ccccc1.[Cl-].[Cl-].[Zr+4]. The van der Waals surface area contributed by atoms with Gasteiger partial charge in [0.25, 0.3) is 0 Å². The Morgan fingerprint density at radius 3 is 0.949 bits per heavy atom. The van der Waals surface area contributed by atoms with E-state index in [9.17, 15) is 0 Å². The van der Waals surface area contributed by atoms with Crippen molar-refractivity contribution in [2.45, 2.75) is 13.8 Å². The Balaban J connectivity index is 0.000000254. The van der Waals surface area contributed by atoms with Crippen LogP contribution in [0.15, 0.2) is 121 Å². The molecule has 6 rings (SSSR count). The zero-order chi connectivity index (χ0) is 24.7. The molecule has 6 aromatic rings. The number of benzene rings is 4. The molecule has 0 aliphatic carbocycles. The summed E-state index contributed by atoms with van der Waals surface area (Å²) in [4.78, 5) is 0. The number of hydrogen-bond acceptors (Lipinski definition) is 0. The molecule has 0 nitrogen and oxygen atoms in total. The van der Waals surface area contributed by atoms with Gasteiger partial charge in [0.2, 0.25) is 0 Å². The van der Waals surface area contributed by atoms with Crippen LogP contribution < -0.4 is 24.8 Å². The van der Waals surface area contributed by atoms with E-state index in [1.165, 1.54) is 54.6 Å². The summed E-state index contributed by atoms with van der Waals surface area (Å²) in [5.74, 6) is 0. The summed E-state index contributed by atoms with van der Waals surface area (Å²) >= 11 is 0. The number of halogens is 2. The average Bonchev–Trinajstić information content (AvgIpc) is 3.54.